The molecule has 0 spiro atoms. The Morgan fingerprint density at radius 3 is 3.10 bits per heavy atom. The summed E-state index contributed by atoms with van der Waals surface area (Å²) in [6.45, 7) is 7.97. The average Bonchev–Trinajstić information content (AvgIpc) is 2.86. The number of benzene rings is 1. The van der Waals surface area contributed by atoms with E-state index in [4.69, 9.17) is 9.47 Å². The fraction of sp³-hybridized carbons (Fsp3) is 0.647. The van der Waals surface area contributed by atoms with E-state index in [-0.39, 0.29) is 6.10 Å². The van der Waals surface area contributed by atoms with E-state index in [0.29, 0.717) is 6.61 Å². The molecule has 1 aromatic rings. The molecule has 3 rings (SSSR count). The molecule has 2 heterocycles. The Balaban J connectivity index is 1.71. The van der Waals surface area contributed by atoms with Crippen molar-refractivity contribution < 1.29 is 9.47 Å². The first-order valence-electron chi connectivity index (χ1n) is 8.13. The molecule has 4 heteroatoms. The van der Waals surface area contributed by atoms with E-state index < -0.39 is 0 Å². The van der Waals surface area contributed by atoms with E-state index >= 15 is 0 Å². The second kappa shape index (κ2) is 7.14. The number of hydrogen-bond donors (Lipinski definition) is 1. The van der Waals surface area contributed by atoms with Crippen LogP contribution in [0.25, 0.3) is 0 Å². The van der Waals surface area contributed by atoms with Gasteiger partial charge in [0.25, 0.3) is 0 Å². The van der Waals surface area contributed by atoms with Gasteiger partial charge in [-0.2, -0.15) is 0 Å². The van der Waals surface area contributed by atoms with Crippen molar-refractivity contribution in [3.63, 3.8) is 0 Å². The van der Waals surface area contributed by atoms with Gasteiger partial charge in [-0.15, -0.1) is 0 Å². The molecule has 1 atom stereocenters. The quantitative estimate of drug-likeness (QED) is 0.923. The molecule has 0 aromatic heterocycles. The highest BCUT2D eigenvalue weighted by Gasteiger charge is 2.19. The summed E-state index contributed by atoms with van der Waals surface area (Å²) in [5, 5.41) is 3.46. The van der Waals surface area contributed by atoms with Crippen LogP contribution in [-0.2, 0) is 4.74 Å². The topological polar surface area (TPSA) is 33.7 Å². The van der Waals surface area contributed by atoms with Gasteiger partial charge in [-0.3, -0.25) is 0 Å². The molecular formula is C17H26N2O2. The third-order valence-electron chi connectivity index (χ3n) is 4.24. The molecule has 0 radical (unpaired) electrons. The summed E-state index contributed by atoms with van der Waals surface area (Å²) in [6, 6.07) is 6.48. The van der Waals surface area contributed by atoms with Crippen molar-refractivity contribution in [1.29, 1.82) is 0 Å². The lowest BCUT2D eigenvalue weighted by atomic mass is 10.2. The highest BCUT2D eigenvalue weighted by molar-refractivity contribution is 5.60. The van der Waals surface area contributed by atoms with E-state index in [1.165, 1.54) is 17.7 Å². The molecule has 1 N–H and O–H groups in total. The SMILES string of the molecule is Cc1ccc(OCC2CCCO2)c(N2CCCNCC2)c1. The van der Waals surface area contributed by atoms with Gasteiger partial charge in [-0.1, -0.05) is 6.07 Å². The third kappa shape index (κ3) is 3.89. The molecule has 116 valence electrons. The van der Waals surface area contributed by atoms with Gasteiger partial charge in [0, 0.05) is 26.2 Å². The van der Waals surface area contributed by atoms with Crippen molar-refractivity contribution in [2.75, 3.05) is 44.3 Å². The molecule has 21 heavy (non-hydrogen) atoms. The zero-order chi connectivity index (χ0) is 14.5. The first-order chi connectivity index (χ1) is 10.3. The van der Waals surface area contributed by atoms with Crippen molar-refractivity contribution in [1.82, 2.24) is 5.32 Å². The smallest absolute Gasteiger partial charge is 0.142 e. The maximum Gasteiger partial charge on any atom is 0.142 e. The molecule has 0 aliphatic carbocycles. The lowest BCUT2D eigenvalue weighted by molar-refractivity contribution is 0.0681. The van der Waals surface area contributed by atoms with Crippen LogP contribution in [0.1, 0.15) is 24.8 Å². The highest BCUT2D eigenvalue weighted by atomic mass is 16.5. The molecular weight excluding hydrogens is 264 g/mol. The molecule has 1 unspecified atom stereocenters. The average molecular weight is 290 g/mol. The molecule has 0 amide bonds. The van der Waals surface area contributed by atoms with Gasteiger partial charge < -0.3 is 19.7 Å². The van der Waals surface area contributed by atoms with Gasteiger partial charge in [0.2, 0.25) is 0 Å². The van der Waals surface area contributed by atoms with Crippen molar-refractivity contribution >= 4 is 5.69 Å². The van der Waals surface area contributed by atoms with Crippen LogP contribution in [0.15, 0.2) is 18.2 Å². The first-order valence-corrected chi connectivity index (χ1v) is 8.13. The van der Waals surface area contributed by atoms with Crippen molar-refractivity contribution in [2.45, 2.75) is 32.3 Å². The fourth-order valence-electron chi connectivity index (χ4n) is 3.04. The highest BCUT2D eigenvalue weighted by Crippen LogP contribution is 2.30. The minimum absolute atomic E-state index is 0.268. The standard InChI is InChI=1S/C17H26N2O2/c1-14-5-6-17(21-13-15-4-2-11-20-15)16(12-14)19-9-3-7-18-8-10-19/h5-6,12,15,18H,2-4,7-11,13H2,1H3. The van der Waals surface area contributed by atoms with E-state index in [1.807, 2.05) is 0 Å². The maximum atomic E-state index is 6.08. The summed E-state index contributed by atoms with van der Waals surface area (Å²) in [5.74, 6) is 0.998. The molecule has 2 saturated heterocycles. The van der Waals surface area contributed by atoms with Gasteiger partial charge in [-0.25, -0.2) is 0 Å². The van der Waals surface area contributed by atoms with Gasteiger partial charge in [-0.05, 0) is 50.4 Å². The minimum atomic E-state index is 0.268. The second-order valence-electron chi connectivity index (χ2n) is 6.01. The van der Waals surface area contributed by atoms with Crippen LogP contribution >= 0.6 is 0 Å². The number of anilines is 1. The number of hydrogen-bond acceptors (Lipinski definition) is 4. The molecule has 2 fully saturated rings. The predicted molar refractivity (Wildman–Crippen MR) is 85.3 cm³/mol. The van der Waals surface area contributed by atoms with E-state index in [0.717, 1.165) is 51.4 Å². The van der Waals surface area contributed by atoms with E-state index in [9.17, 15) is 0 Å². The van der Waals surface area contributed by atoms with Crippen LogP contribution in [0.2, 0.25) is 0 Å². The molecule has 2 aliphatic rings. The number of aryl methyl sites for hydroxylation is 1. The maximum absolute atomic E-state index is 6.08. The van der Waals surface area contributed by atoms with Gasteiger partial charge >= 0.3 is 0 Å². The number of rotatable bonds is 4. The lowest BCUT2D eigenvalue weighted by Gasteiger charge is -2.26. The predicted octanol–water partition coefficient (Wildman–Crippen LogP) is 2.35. The number of nitrogens with one attached hydrogen (secondary N) is 1. The van der Waals surface area contributed by atoms with Crippen LogP contribution < -0.4 is 15.0 Å². The fourth-order valence-corrected chi connectivity index (χ4v) is 3.04. The van der Waals surface area contributed by atoms with Crippen LogP contribution in [-0.4, -0.2) is 45.5 Å². The summed E-state index contributed by atoms with van der Waals surface area (Å²) in [7, 11) is 0. The summed E-state index contributed by atoms with van der Waals surface area (Å²) >= 11 is 0. The Morgan fingerprint density at radius 1 is 1.29 bits per heavy atom. The van der Waals surface area contributed by atoms with Gasteiger partial charge in [0.05, 0.1) is 11.8 Å². The molecule has 1 aromatic carbocycles. The van der Waals surface area contributed by atoms with Crippen molar-refractivity contribution in [2.24, 2.45) is 0 Å². The van der Waals surface area contributed by atoms with Crippen LogP contribution in [0.5, 0.6) is 5.75 Å². The number of ether oxygens (including phenoxy) is 2. The monoisotopic (exact) mass is 290 g/mol. The Morgan fingerprint density at radius 2 is 2.24 bits per heavy atom. The van der Waals surface area contributed by atoms with Crippen molar-refractivity contribution in [3.8, 4) is 5.75 Å². The van der Waals surface area contributed by atoms with Crippen LogP contribution in [0.3, 0.4) is 0 Å². The lowest BCUT2D eigenvalue weighted by Crippen LogP contribution is -2.28. The van der Waals surface area contributed by atoms with Gasteiger partial charge in [0.15, 0.2) is 0 Å². The summed E-state index contributed by atoms with van der Waals surface area (Å²) in [6.07, 6.45) is 3.73. The normalized spacial score (nSPS) is 23.1. The molecule has 0 saturated carbocycles. The van der Waals surface area contributed by atoms with Crippen LogP contribution in [0.4, 0.5) is 5.69 Å². The zero-order valence-electron chi connectivity index (χ0n) is 12.9. The Kier molecular flexibility index (Phi) is 4.99. The van der Waals surface area contributed by atoms with Crippen molar-refractivity contribution in [3.05, 3.63) is 23.8 Å². The summed E-state index contributed by atoms with van der Waals surface area (Å²) in [5.41, 5.74) is 2.52. The largest absolute Gasteiger partial charge is 0.489 e. The summed E-state index contributed by atoms with van der Waals surface area (Å²) < 4.78 is 11.7. The van der Waals surface area contributed by atoms with Crippen LogP contribution in [0, 0.1) is 6.92 Å². The molecule has 0 bridgehead atoms. The Labute approximate surface area is 127 Å². The summed E-state index contributed by atoms with van der Waals surface area (Å²) in [4.78, 5) is 2.44. The second-order valence-corrected chi connectivity index (χ2v) is 6.01. The van der Waals surface area contributed by atoms with Gasteiger partial charge in [0.1, 0.15) is 12.4 Å². The molecule has 4 nitrogen and oxygen atoms in total. The Hall–Kier alpha value is -1.26. The molecule has 2 aliphatic heterocycles. The Bertz CT molecular complexity index is 450. The number of nitrogens with zero attached hydrogens (tertiary/aromatic N) is 1. The first kappa shape index (κ1) is 14.7. The minimum Gasteiger partial charge on any atom is -0.489 e. The third-order valence-corrected chi connectivity index (χ3v) is 4.24. The van der Waals surface area contributed by atoms with E-state index in [1.54, 1.807) is 0 Å². The zero-order valence-corrected chi connectivity index (χ0v) is 12.9. The van der Waals surface area contributed by atoms with E-state index in [2.05, 4.69) is 35.3 Å².